The summed E-state index contributed by atoms with van der Waals surface area (Å²) < 4.78 is 5.48. The zero-order valence-electron chi connectivity index (χ0n) is 9.42. The fourth-order valence-electron chi connectivity index (χ4n) is 1.42. The molecule has 0 saturated heterocycles. The average Bonchev–Trinajstić information content (AvgIpc) is 1.98. The standard InChI is InChI=1S/C11H24O/c1-8(2)7-11(12-6)10(5)9(3)4/h8-11H,7H2,1-6H3. The van der Waals surface area contributed by atoms with E-state index in [0.717, 1.165) is 5.92 Å². The van der Waals surface area contributed by atoms with Crippen LogP contribution in [0.25, 0.3) is 0 Å². The number of hydrogen-bond acceptors (Lipinski definition) is 1. The minimum Gasteiger partial charge on any atom is -0.381 e. The van der Waals surface area contributed by atoms with Crippen molar-refractivity contribution >= 4 is 0 Å². The molecule has 0 aliphatic heterocycles. The molecule has 0 aliphatic carbocycles. The molecule has 0 rings (SSSR count). The summed E-state index contributed by atoms with van der Waals surface area (Å²) in [5.74, 6) is 2.11. The monoisotopic (exact) mass is 172 g/mol. The Morgan fingerprint density at radius 3 is 1.75 bits per heavy atom. The third kappa shape index (κ3) is 4.10. The third-order valence-electron chi connectivity index (χ3n) is 2.64. The van der Waals surface area contributed by atoms with Crippen molar-refractivity contribution in [2.75, 3.05) is 7.11 Å². The molecule has 0 aliphatic rings. The molecule has 0 amide bonds. The van der Waals surface area contributed by atoms with Crippen LogP contribution in [0.2, 0.25) is 0 Å². The van der Waals surface area contributed by atoms with Crippen LogP contribution in [0.1, 0.15) is 41.0 Å². The van der Waals surface area contributed by atoms with Gasteiger partial charge in [-0.05, 0) is 24.2 Å². The maximum atomic E-state index is 5.48. The van der Waals surface area contributed by atoms with E-state index in [1.807, 2.05) is 7.11 Å². The maximum Gasteiger partial charge on any atom is 0.0601 e. The van der Waals surface area contributed by atoms with E-state index >= 15 is 0 Å². The van der Waals surface area contributed by atoms with Gasteiger partial charge in [0.15, 0.2) is 0 Å². The quantitative estimate of drug-likeness (QED) is 0.618. The Morgan fingerprint density at radius 1 is 1.00 bits per heavy atom. The van der Waals surface area contributed by atoms with Crippen LogP contribution in [0.3, 0.4) is 0 Å². The van der Waals surface area contributed by atoms with E-state index < -0.39 is 0 Å². The number of methoxy groups -OCH3 is 1. The highest BCUT2D eigenvalue weighted by molar-refractivity contribution is 4.70. The molecule has 0 heterocycles. The number of hydrogen-bond donors (Lipinski definition) is 0. The van der Waals surface area contributed by atoms with Gasteiger partial charge in [-0.25, -0.2) is 0 Å². The first-order valence-corrected chi connectivity index (χ1v) is 5.01. The highest BCUT2D eigenvalue weighted by atomic mass is 16.5. The van der Waals surface area contributed by atoms with Crippen LogP contribution >= 0.6 is 0 Å². The predicted octanol–water partition coefficient (Wildman–Crippen LogP) is 3.34. The minimum absolute atomic E-state index is 0.435. The molecule has 1 heteroatoms. The molecule has 0 aromatic heterocycles. The molecule has 0 N–H and O–H groups in total. The molecule has 74 valence electrons. The first-order valence-electron chi connectivity index (χ1n) is 5.01. The van der Waals surface area contributed by atoms with Crippen molar-refractivity contribution in [1.82, 2.24) is 0 Å². The van der Waals surface area contributed by atoms with Crippen LogP contribution in [-0.4, -0.2) is 13.2 Å². The number of rotatable bonds is 5. The van der Waals surface area contributed by atoms with Crippen molar-refractivity contribution in [2.45, 2.75) is 47.1 Å². The van der Waals surface area contributed by atoms with E-state index in [-0.39, 0.29) is 0 Å². The molecule has 0 radical (unpaired) electrons. The summed E-state index contributed by atoms with van der Waals surface area (Å²) in [6.45, 7) is 11.3. The fourth-order valence-corrected chi connectivity index (χ4v) is 1.42. The second-order valence-corrected chi connectivity index (χ2v) is 4.51. The van der Waals surface area contributed by atoms with E-state index in [0.29, 0.717) is 17.9 Å². The highest BCUT2D eigenvalue weighted by Gasteiger charge is 2.20. The van der Waals surface area contributed by atoms with Crippen molar-refractivity contribution in [2.24, 2.45) is 17.8 Å². The Morgan fingerprint density at radius 2 is 1.50 bits per heavy atom. The Hall–Kier alpha value is -0.0400. The first kappa shape index (κ1) is 12.0. The van der Waals surface area contributed by atoms with Gasteiger partial charge in [-0.1, -0.05) is 34.6 Å². The van der Waals surface area contributed by atoms with E-state index in [9.17, 15) is 0 Å². The van der Waals surface area contributed by atoms with E-state index in [2.05, 4.69) is 34.6 Å². The zero-order chi connectivity index (χ0) is 9.72. The van der Waals surface area contributed by atoms with Gasteiger partial charge in [0.25, 0.3) is 0 Å². The van der Waals surface area contributed by atoms with Crippen LogP contribution < -0.4 is 0 Å². The average molecular weight is 172 g/mol. The van der Waals surface area contributed by atoms with Crippen molar-refractivity contribution in [1.29, 1.82) is 0 Å². The molecular weight excluding hydrogens is 148 g/mol. The van der Waals surface area contributed by atoms with Gasteiger partial charge in [0, 0.05) is 7.11 Å². The van der Waals surface area contributed by atoms with Crippen LogP contribution in [0, 0.1) is 17.8 Å². The molecular formula is C11H24O. The van der Waals surface area contributed by atoms with E-state index in [1.165, 1.54) is 6.42 Å². The normalized spacial score (nSPS) is 17.0. The van der Waals surface area contributed by atoms with Crippen LogP contribution in [0.4, 0.5) is 0 Å². The Bertz CT molecular complexity index is 108. The molecule has 0 saturated carbocycles. The third-order valence-corrected chi connectivity index (χ3v) is 2.64. The van der Waals surface area contributed by atoms with Crippen LogP contribution in [0.15, 0.2) is 0 Å². The summed E-state index contributed by atoms with van der Waals surface area (Å²) >= 11 is 0. The Labute approximate surface area is 77.5 Å². The van der Waals surface area contributed by atoms with Gasteiger partial charge in [0.05, 0.1) is 6.10 Å². The van der Waals surface area contributed by atoms with Crippen LogP contribution in [0.5, 0.6) is 0 Å². The summed E-state index contributed by atoms with van der Waals surface area (Å²) in [7, 11) is 1.83. The molecule has 1 nitrogen and oxygen atoms in total. The molecule has 0 bridgehead atoms. The lowest BCUT2D eigenvalue weighted by molar-refractivity contribution is 0.0259. The second kappa shape index (κ2) is 5.58. The van der Waals surface area contributed by atoms with Crippen molar-refractivity contribution in [3.05, 3.63) is 0 Å². The zero-order valence-corrected chi connectivity index (χ0v) is 9.42. The van der Waals surface area contributed by atoms with Crippen molar-refractivity contribution in [3.8, 4) is 0 Å². The van der Waals surface area contributed by atoms with Gasteiger partial charge in [0.2, 0.25) is 0 Å². The maximum absolute atomic E-state index is 5.48. The molecule has 2 unspecified atom stereocenters. The van der Waals surface area contributed by atoms with Crippen LogP contribution in [-0.2, 0) is 4.74 Å². The van der Waals surface area contributed by atoms with Gasteiger partial charge < -0.3 is 4.74 Å². The van der Waals surface area contributed by atoms with E-state index in [1.54, 1.807) is 0 Å². The molecule has 0 spiro atoms. The molecule has 2 atom stereocenters. The fraction of sp³-hybridized carbons (Fsp3) is 1.00. The predicted molar refractivity (Wildman–Crippen MR) is 54.3 cm³/mol. The molecule has 0 aromatic carbocycles. The number of ether oxygens (including phenoxy) is 1. The lowest BCUT2D eigenvalue weighted by Gasteiger charge is -2.27. The van der Waals surface area contributed by atoms with Gasteiger partial charge in [0.1, 0.15) is 0 Å². The van der Waals surface area contributed by atoms with E-state index in [4.69, 9.17) is 4.74 Å². The lowest BCUT2D eigenvalue weighted by atomic mass is 9.87. The summed E-state index contributed by atoms with van der Waals surface area (Å²) in [5.41, 5.74) is 0. The second-order valence-electron chi connectivity index (χ2n) is 4.51. The van der Waals surface area contributed by atoms with Crippen molar-refractivity contribution in [3.63, 3.8) is 0 Å². The summed E-state index contributed by atoms with van der Waals surface area (Å²) in [4.78, 5) is 0. The lowest BCUT2D eigenvalue weighted by Crippen LogP contribution is -2.26. The molecule has 0 fully saturated rings. The summed E-state index contributed by atoms with van der Waals surface area (Å²) in [5, 5.41) is 0. The van der Waals surface area contributed by atoms with Gasteiger partial charge in [-0.2, -0.15) is 0 Å². The Kier molecular flexibility index (Phi) is 5.56. The summed E-state index contributed by atoms with van der Waals surface area (Å²) in [6, 6.07) is 0. The smallest absolute Gasteiger partial charge is 0.0601 e. The molecule has 0 aromatic rings. The minimum atomic E-state index is 0.435. The van der Waals surface area contributed by atoms with Gasteiger partial charge in [-0.15, -0.1) is 0 Å². The first-order chi connectivity index (χ1) is 5.49. The van der Waals surface area contributed by atoms with Crippen molar-refractivity contribution < 1.29 is 4.74 Å². The summed E-state index contributed by atoms with van der Waals surface area (Å²) in [6.07, 6.45) is 1.61. The topological polar surface area (TPSA) is 9.23 Å². The molecule has 12 heavy (non-hydrogen) atoms. The largest absolute Gasteiger partial charge is 0.381 e. The SMILES string of the molecule is COC(CC(C)C)C(C)C(C)C. The highest BCUT2D eigenvalue weighted by Crippen LogP contribution is 2.22. The van der Waals surface area contributed by atoms with Gasteiger partial charge >= 0.3 is 0 Å². The van der Waals surface area contributed by atoms with Gasteiger partial charge in [-0.3, -0.25) is 0 Å². The Balaban J connectivity index is 3.96.